The van der Waals surface area contributed by atoms with Crippen LogP contribution >= 0.6 is 0 Å². The lowest BCUT2D eigenvalue weighted by atomic mass is 9.89. The van der Waals surface area contributed by atoms with Crippen LogP contribution in [0.1, 0.15) is 24.5 Å². The number of hydrogen-bond donors (Lipinski definition) is 2. The van der Waals surface area contributed by atoms with Crippen LogP contribution in [0, 0.1) is 11.6 Å². The van der Waals surface area contributed by atoms with Crippen LogP contribution < -0.4 is 0 Å². The second-order valence-electron chi connectivity index (χ2n) is 5.72. The number of likely N-dealkylation sites (tertiary alicyclic amines) is 1. The predicted octanol–water partition coefficient (Wildman–Crippen LogP) is 1.88. The molecule has 126 valence electrons. The fraction of sp³-hybridized carbons (Fsp3) is 0.533. The molecule has 2 aliphatic heterocycles. The lowest BCUT2D eigenvalue weighted by Crippen LogP contribution is -2.55. The Kier molecular flexibility index (Phi) is 4.22. The van der Waals surface area contributed by atoms with Gasteiger partial charge in [0.25, 0.3) is 0 Å². The summed E-state index contributed by atoms with van der Waals surface area (Å²) >= 11 is 0. The summed E-state index contributed by atoms with van der Waals surface area (Å²) in [4.78, 5) is 12.5. The van der Waals surface area contributed by atoms with E-state index in [1.807, 2.05) is 0 Å². The number of nitrogens with zero attached hydrogens (tertiary/aromatic N) is 1. The Morgan fingerprint density at radius 1 is 1.30 bits per heavy atom. The van der Waals surface area contributed by atoms with Crippen LogP contribution in [-0.2, 0) is 9.47 Å². The van der Waals surface area contributed by atoms with Gasteiger partial charge in [0.1, 0.15) is 0 Å². The highest BCUT2D eigenvalue weighted by Gasteiger charge is 2.48. The largest absolute Gasteiger partial charge is 0.465 e. The normalized spacial score (nSPS) is 24.8. The zero-order valence-electron chi connectivity index (χ0n) is 12.2. The van der Waals surface area contributed by atoms with Crippen molar-refractivity contribution in [3.05, 3.63) is 35.4 Å². The molecule has 2 fully saturated rings. The van der Waals surface area contributed by atoms with E-state index in [0.717, 1.165) is 17.0 Å². The van der Waals surface area contributed by atoms with Crippen LogP contribution in [0.15, 0.2) is 18.2 Å². The summed E-state index contributed by atoms with van der Waals surface area (Å²) in [5.41, 5.74) is 0.107. The van der Waals surface area contributed by atoms with Gasteiger partial charge in [0, 0.05) is 19.4 Å². The van der Waals surface area contributed by atoms with Crippen molar-refractivity contribution in [3.63, 3.8) is 0 Å². The van der Waals surface area contributed by atoms with Gasteiger partial charge in [0.15, 0.2) is 17.4 Å². The van der Waals surface area contributed by atoms with E-state index in [9.17, 15) is 23.8 Å². The van der Waals surface area contributed by atoms with Gasteiger partial charge in [-0.1, -0.05) is 6.07 Å². The number of aliphatic hydroxyl groups is 1. The van der Waals surface area contributed by atoms with Crippen LogP contribution in [0.2, 0.25) is 0 Å². The SMILES string of the molecule is O=C(O)N1CCC2(CC1C(O)c1ccc(F)c(F)c1)OCCO2. The molecule has 2 atom stereocenters. The molecule has 2 N–H and O–H groups in total. The number of halogens is 2. The molecule has 2 heterocycles. The second-order valence-corrected chi connectivity index (χ2v) is 5.72. The van der Waals surface area contributed by atoms with Crippen LogP contribution in [0.5, 0.6) is 0 Å². The van der Waals surface area contributed by atoms with Gasteiger partial charge < -0.3 is 24.6 Å². The van der Waals surface area contributed by atoms with Crippen molar-refractivity contribution in [2.45, 2.75) is 30.8 Å². The molecule has 1 aromatic carbocycles. The number of ether oxygens (including phenoxy) is 2. The van der Waals surface area contributed by atoms with Crippen molar-refractivity contribution < 1.29 is 33.3 Å². The van der Waals surface area contributed by atoms with Gasteiger partial charge in [0.2, 0.25) is 0 Å². The Morgan fingerprint density at radius 2 is 2.00 bits per heavy atom. The molecule has 3 rings (SSSR count). The number of carbonyl (C=O) groups is 1. The molecular formula is C15H17F2NO5. The molecule has 6 nitrogen and oxygen atoms in total. The molecule has 0 saturated carbocycles. The van der Waals surface area contributed by atoms with Crippen molar-refractivity contribution >= 4 is 6.09 Å². The Balaban J connectivity index is 1.88. The van der Waals surface area contributed by atoms with Gasteiger partial charge in [-0.3, -0.25) is 0 Å². The average molecular weight is 329 g/mol. The number of piperidine rings is 1. The third kappa shape index (κ3) is 3.01. The van der Waals surface area contributed by atoms with E-state index in [1.165, 1.54) is 6.07 Å². The van der Waals surface area contributed by atoms with Crippen molar-refractivity contribution in [2.24, 2.45) is 0 Å². The van der Waals surface area contributed by atoms with Crippen molar-refractivity contribution in [3.8, 4) is 0 Å². The lowest BCUT2D eigenvalue weighted by Gasteiger charge is -2.44. The maximum absolute atomic E-state index is 13.4. The molecule has 1 amide bonds. The fourth-order valence-electron chi connectivity index (χ4n) is 3.18. The second kappa shape index (κ2) is 6.03. The molecule has 23 heavy (non-hydrogen) atoms. The quantitative estimate of drug-likeness (QED) is 0.866. The molecule has 8 heteroatoms. The summed E-state index contributed by atoms with van der Waals surface area (Å²) in [6, 6.07) is 2.14. The van der Waals surface area contributed by atoms with E-state index in [2.05, 4.69) is 0 Å². The van der Waals surface area contributed by atoms with E-state index in [0.29, 0.717) is 19.6 Å². The number of hydrogen-bond acceptors (Lipinski definition) is 4. The summed E-state index contributed by atoms with van der Waals surface area (Å²) in [7, 11) is 0. The van der Waals surface area contributed by atoms with E-state index in [1.54, 1.807) is 0 Å². The fourth-order valence-corrected chi connectivity index (χ4v) is 3.18. The molecule has 2 saturated heterocycles. The zero-order valence-corrected chi connectivity index (χ0v) is 12.2. The zero-order chi connectivity index (χ0) is 16.6. The topological polar surface area (TPSA) is 79.2 Å². The summed E-state index contributed by atoms with van der Waals surface area (Å²) in [5.74, 6) is -3.04. The minimum absolute atomic E-state index is 0.107. The highest BCUT2D eigenvalue weighted by molar-refractivity contribution is 5.65. The summed E-state index contributed by atoms with van der Waals surface area (Å²) in [6.07, 6.45) is -2.02. The smallest absolute Gasteiger partial charge is 0.407 e. The molecule has 0 aromatic heterocycles. The molecule has 1 aromatic rings. The predicted molar refractivity (Wildman–Crippen MR) is 73.7 cm³/mol. The molecule has 0 bridgehead atoms. The van der Waals surface area contributed by atoms with Crippen LogP contribution in [-0.4, -0.2) is 52.8 Å². The van der Waals surface area contributed by atoms with Crippen molar-refractivity contribution in [1.82, 2.24) is 4.90 Å². The summed E-state index contributed by atoms with van der Waals surface area (Å²) in [5, 5.41) is 19.9. The standard InChI is InChI=1S/C15H17F2NO5/c16-10-2-1-9(7-11(10)17)13(19)12-8-15(22-5-6-23-15)3-4-18(12)14(20)21/h1-2,7,12-13,19H,3-6,8H2,(H,20,21). The minimum Gasteiger partial charge on any atom is -0.465 e. The van der Waals surface area contributed by atoms with Gasteiger partial charge >= 0.3 is 6.09 Å². The number of carboxylic acid groups (broad SMARTS) is 1. The highest BCUT2D eigenvalue weighted by Crippen LogP contribution is 2.39. The third-order valence-corrected chi connectivity index (χ3v) is 4.36. The maximum atomic E-state index is 13.4. The first-order valence-electron chi connectivity index (χ1n) is 7.32. The summed E-state index contributed by atoms with van der Waals surface area (Å²) < 4.78 is 37.6. The van der Waals surface area contributed by atoms with Gasteiger partial charge in [-0.05, 0) is 17.7 Å². The van der Waals surface area contributed by atoms with Crippen molar-refractivity contribution in [1.29, 1.82) is 0 Å². The van der Waals surface area contributed by atoms with E-state index in [-0.39, 0.29) is 18.5 Å². The minimum atomic E-state index is -1.31. The lowest BCUT2D eigenvalue weighted by molar-refractivity contribution is -0.201. The summed E-state index contributed by atoms with van der Waals surface area (Å²) in [6.45, 7) is 0.933. The Bertz CT molecular complexity index is 606. The average Bonchev–Trinajstić information content (AvgIpc) is 2.97. The van der Waals surface area contributed by atoms with E-state index >= 15 is 0 Å². The number of rotatable bonds is 2. The third-order valence-electron chi connectivity index (χ3n) is 4.36. The van der Waals surface area contributed by atoms with E-state index < -0.39 is 35.7 Å². The Hall–Kier alpha value is -1.77. The Labute approximate surface area is 131 Å². The van der Waals surface area contributed by atoms with Gasteiger partial charge in [-0.25, -0.2) is 13.6 Å². The number of benzene rings is 1. The van der Waals surface area contributed by atoms with Gasteiger partial charge in [0.05, 0.1) is 25.4 Å². The van der Waals surface area contributed by atoms with Gasteiger partial charge in [-0.15, -0.1) is 0 Å². The highest BCUT2D eigenvalue weighted by atomic mass is 19.2. The molecular weight excluding hydrogens is 312 g/mol. The van der Waals surface area contributed by atoms with Crippen molar-refractivity contribution in [2.75, 3.05) is 19.8 Å². The number of aliphatic hydroxyl groups excluding tert-OH is 1. The molecule has 0 radical (unpaired) electrons. The van der Waals surface area contributed by atoms with Gasteiger partial charge in [-0.2, -0.15) is 0 Å². The molecule has 1 spiro atoms. The first kappa shape index (κ1) is 16.1. The first-order valence-corrected chi connectivity index (χ1v) is 7.32. The molecule has 0 aliphatic carbocycles. The number of amides is 1. The molecule has 2 aliphatic rings. The maximum Gasteiger partial charge on any atom is 0.407 e. The van der Waals surface area contributed by atoms with Crippen LogP contribution in [0.3, 0.4) is 0 Å². The van der Waals surface area contributed by atoms with Crippen LogP contribution in [0.4, 0.5) is 13.6 Å². The van der Waals surface area contributed by atoms with E-state index in [4.69, 9.17) is 9.47 Å². The molecule has 2 unspecified atom stereocenters. The monoisotopic (exact) mass is 329 g/mol. The first-order chi connectivity index (χ1) is 10.9. The Morgan fingerprint density at radius 3 is 2.61 bits per heavy atom. The van der Waals surface area contributed by atoms with Crippen LogP contribution in [0.25, 0.3) is 0 Å².